The Morgan fingerprint density at radius 3 is 0.818 bits per heavy atom. The van der Waals surface area contributed by atoms with Crippen LogP contribution >= 0.6 is 0 Å². The molecule has 0 aromatic carbocycles. The van der Waals surface area contributed by atoms with Gasteiger partial charge in [-0.15, -0.1) is 15.5 Å². The van der Waals surface area contributed by atoms with E-state index in [2.05, 4.69) is 0 Å². The topological polar surface area (TPSA) is 24.7 Å². The second kappa shape index (κ2) is 13.5. The second-order valence-electron chi connectivity index (χ2n) is 0.531. The summed E-state index contributed by atoms with van der Waals surface area (Å²) in [6.45, 7) is 0. The molecule has 0 aliphatic heterocycles. The summed E-state index contributed by atoms with van der Waals surface area (Å²) in [6, 6.07) is 0. The summed E-state index contributed by atoms with van der Waals surface area (Å²) in [5.41, 5.74) is 0. The molecule has 0 saturated heterocycles. The summed E-state index contributed by atoms with van der Waals surface area (Å²) in [6.07, 6.45) is 0. The Hall–Kier alpha value is 0.880. The predicted octanol–water partition coefficient (Wildman–Crippen LogP) is 2.50. The molecule has 11 heavy (non-hydrogen) atoms. The van der Waals surface area contributed by atoms with Crippen molar-refractivity contribution in [2.45, 2.75) is 0 Å². The van der Waals surface area contributed by atoms with Crippen LogP contribution in [0.15, 0.2) is 9.17 Å². The molecule has 0 fully saturated rings. The minimum Gasteiger partial charge on any atom is -0.116 e. The van der Waals surface area contributed by atoms with Crippen molar-refractivity contribution in [1.29, 1.82) is 0 Å². The molecular weight excluding hydrogens is 229 g/mol. The minimum atomic E-state index is -3.36. The van der Waals surface area contributed by atoms with Gasteiger partial charge in [0.2, 0.25) is 0 Å². The zero-order valence-electron chi connectivity index (χ0n) is 4.98. The number of hydrogen-bond donors (Lipinski definition) is 0. The average Bonchev–Trinajstić information content (AvgIpc) is 1.89. The van der Waals surface area contributed by atoms with Gasteiger partial charge in [0.1, 0.15) is 0 Å². The van der Waals surface area contributed by atoms with E-state index >= 15 is 0 Å². The first-order chi connectivity index (χ1) is 4.54. The fourth-order valence-electron chi connectivity index (χ4n) is 0. The van der Waals surface area contributed by atoms with E-state index in [9.17, 15) is 24.5 Å². The Bertz CT molecular complexity index is 111. The molecule has 11 heteroatoms. The molecular formula is F6N2NaS2. The summed E-state index contributed by atoms with van der Waals surface area (Å²) in [4.78, 5) is 0. The Morgan fingerprint density at radius 1 is 0.727 bits per heavy atom. The Labute approximate surface area is 85.9 Å². The van der Waals surface area contributed by atoms with Gasteiger partial charge in [0.15, 0.2) is 0 Å². The molecule has 0 amide bonds. The number of halogens is 6. The maximum atomic E-state index is 10.2. The molecule has 0 aromatic rings. The third kappa shape index (κ3) is 36.0. The van der Waals surface area contributed by atoms with Gasteiger partial charge in [-0.3, -0.25) is 0 Å². The predicted molar refractivity (Wildman–Crippen MR) is 32.0 cm³/mol. The van der Waals surface area contributed by atoms with Gasteiger partial charge in [-0.25, -0.2) is 0 Å². The smallest absolute Gasteiger partial charge is 0.116 e. The SMILES string of the molecule is FN=S(F)F.FN=S(F)F.[Na]. The molecule has 0 aromatic heterocycles. The van der Waals surface area contributed by atoms with Crippen LogP contribution in [-0.2, 0) is 22.9 Å². The summed E-state index contributed by atoms with van der Waals surface area (Å²) in [5.74, 6) is 0. The van der Waals surface area contributed by atoms with Crippen molar-refractivity contribution in [3.05, 3.63) is 0 Å². The summed E-state index contributed by atoms with van der Waals surface area (Å²) >= 11 is -6.73. The summed E-state index contributed by atoms with van der Waals surface area (Å²) < 4.78 is 63.2. The summed E-state index contributed by atoms with van der Waals surface area (Å²) in [7, 11) is 0. The van der Waals surface area contributed by atoms with Gasteiger partial charge in [-0.1, -0.05) is 8.96 Å². The fraction of sp³-hybridized carbons (Fsp3) is 0. The van der Waals surface area contributed by atoms with E-state index in [-0.39, 0.29) is 29.6 Å². The van der Waals surface area contributed by atoms with E-state index in [0.717, 1.165) is 9.17 Å². The van der Waals surface area contributed by atoms with Gasteiger partial charge in [-0.2, -0.15) is 0 Å². The first-order valence-electron chi connectivity index (χ1n) is 1.32. The molecule has 0 aliphatic carbocycles. The molecule has 0 spiro atoms. The van der Waals surface area contributed by atoms with Crippen molar-refractivity contribution in [2.24, 2.45) is 9.17 Å². The van der Waals surface area contributed by atoms with Crippen LogP contribution in [0.1, 0.15) is 0 Å². The molecule has 65 valence electrons. The van der Waals surface area contributed by atoms with E-state index < -0.39 is 22.9 Å². The van der Waals surface area contributed by atoms with Crippen molar-refractivity contribution >= 4 is 52.5 Å². The average molecular weight is 229 g/mol. The normalized spacial score (nSPS) is 8.00. The van der Waals surface area contributed by atoms with Crippen LogP contribution < -0.4 is 0 Å². The van der Waals surface area contributed by atoms with Crippen molar-refractivity contribution in [1.82, 2.24) is 0 Å². The number of nitrogens with zero attached hydrogens (tertiary/aromatic N) is 2. The Balaban J connectivity index is -0.000000107. The van der Waals surface area contributed by atoms with Crippen molar-refractivity contribution < 1.29 is 24.5 Å². The van der Waals surface area contributed by atoms with Gasteiger partial charge >= 0.3 is 0 Å². The Morgan fingerprint density at radius 2 is 0.818 bits per heavy atom. The van der Waals surface area contributed by atoms with Crippen molar-refractivity contribution in [3.8, 4) is 0 Å². The number of rotatable bonds is 0. The molecule has 0 N–H and O–H groups in total. The molecule has 0 rings (SSSR count). The molecule has 0 unspecified atom stereocenters. The minimum absolute atomic E-state index is 0. The Kier molecular flexibility index (Phi) is 21.8. The molecule has 0 atom stereocenters. The first-order valence-corrected chi connectivity index (χ1v) is 3.29. The van der Waals surface area contributed by atoms with E-state index in [1.54, 1.807) is 0 Å². The maximum Gasteiger partial charge on any atom is 0.293 e. The molecule has 0 saturated carbocycles. The van der Waals surface area contributed by atoms with Gasteiger partial charge in [0, 0.05) is 38.7 Å². The molecule has 0 heterocycles. The van der Waals surface area contributed by atoms with E-state index in [0.29, 0.717) is 0 Å². The molecule has 2 nitrogen and oxygen atoms in total. The van der Waals surface area contributed by atoms with Crippen LogP contribution in [0.25, 0.3) is 0 Å². The van der Waals surface area contributed by atoms with Crippen LogP contribution in [0.3, 0.4) is 0 Å². The van der Waals surface area contributed by atoms with Crippen LogP contribution in [0.2, 0.25) is 0 Å². The van der Waals surface area contributed by atoms with Gasteiger partial charge < -0.3 is 0 Å². The standard InChI is InChI=1S/2F3NS.Na/c2*1-4-5(2)3;. The van der Waals surface area contributed by atoms with Crippen LogP contribution in [0, 0.1) is 0 Å². The largest absolute Gasteiger partial charge is 0.293 e. The monoisotopic (exact) mass is 229 g/mol. The van der Waals surface area contributed by atoms with Crippen LogP contribution in [0.5, 0.6) is 0 Å². The van der Waals surface area contributed by atoms with Crippen molar-refractivity contribution in [2.75, 3.05) is 0 Å². The first kappa shape index (κ1) is 17.8. The quantitative estimate of drug-likeness (QED) is 0.450. The zero-order valence-corrected chi connectivity index (χ0v) is 8.61. The van der Waals surface area contributed by atoms with E-state index in [1.807, 2.05) is 0 Å². The van der Waals surface area contributed by atoms with Gasteiger partial charge in [0.25, 0.3) is 22.9 Å². The number of hydrogen-bond acceptors (Lipinski definition) is 2. The van der Waals surface area contributed by atoms with E-state index in [1.165, 1.54) is 0 Å². The van der Waals surface area contributed by atoms with Gasteiger partial charge in [0.05, 0.1) is 0 Å². The maximum absolute atomic E-state index is 10.2. The summed E-state index contributed by atoms with van der Waals surface area (Å²) in [5, 5.41) is 0. The van der Waals surface area contributed by atoms with Crippen molar-refractivity contribution in [3.63, 3.8) is 0 Å². The van der Waals surface area contributed by atoms with Crippen LogP contribution in [-0.4, -0.2) is 29.6 Å². The molecule has 0 bridgehead atoms. The van der Waals surface area contributed by atoms with E-state index in [4.69, 9.17) is 0 Å². The molecule has 1 radical (unpaired) electrons. The fourth-order valence-corrected chi connectivity index (χ4v) is 0. The molecule has 0 aliphatic rings. The van der Waals surface area contributed by atoms with Crippen LogP contribution in [0.4, 0.5) is 24.5 Å². The third-order valence-corrected chi connectivity index (χ3v) is 0.313. The second-order valence-corrected chi connectivity index (χ2v) is 1.59. The third-order valence-electron chi connectivity index (χ3n) is 0.104. The van der Waals surface area contributed by atoms with Gasteiger partial charge in [-0.05, 0) is 0 Å². The zero-order chi connectivity index (χ0) is 8.57.